The van der Waals surface area contributed by atoms with E-state index in [1.807, 2.05) is 6.07 Å². The summed E-state index contributed by atoms with van der Waals surface area (Å²) in [5, 5.41) is 22.9. The predicted octanol–water partition coefficient (Wildman–Crippen LogP) is 1.26. The van der Waals surface area contributed by atoms with Gasteiger partial charge in [0.15, 0.2) is 0 Å². The maximum absolute atomic E-state index is 12.0. The molecule has 2 fully saturated rings. The summed E-state index contributed by atoms with van der Waals surface area (Å²) in [6, 6.07) is 2.06. The van der Waals surface area contributed by atoms with Crippen LogP contribution in [0.3, 0.4) is 0 Å². The second kappa shape index (κ2) is 8.19. The highest BCUT2D eigenvalue weighted by Gasteiger charge is 2.39. The Morgan fingerprint density at radius 3 is 2.71 bits per heavy atom. The lowest BCUT2D eigenvalue weighted by Gasteiger charge is -2.31. The van der Waals surface area contributed by atoms with Gasteiger partial charge in [-0.2, -0.15) is 10.2 Å². The topological polar surface area (TPSA) is 128 Å². The standard InChI is InChI=1S/C18H27N5O4S/c1-3-28(25,26)23-9-6-14(7-10-23)21-17-20-12-13(11-19)16(22-17)27-15-5-4-8-18(15,2)24/h12,14-15,24H,3-10H2,1-2H3,(H,20,21,22)/t15-,18+/m0/s1. The number of ether oxygens (including phenoxy) is 1. The normalized spacial score (nSPS) is 26.7. The van der Waals surface area contributed by atoms with Crippen molar-refractivity contribution in [1.29, 1.82) is 5.26 Å². The molecule has 2 N–H and O–H groups in total. The Bertz CT molecular complexity index is 844. The van der Waals surface area contributed by atoms with Crippen LogP contribution in [0.2, 0.25) is 0 Å². The van der Waals surface area contributed by atoms with Crippen molar-refractivity contribution in [3.63, 3.8) is 0 Å². The first kappa shape index (κ1) is 20.8. The molecular formula is C18H27N5O4S. The summed E-state index contributed by atoms with van der Waals surface area (Å²) in [6.45, 7) is 4.29. The number of sulfonamides is 1. The number of rotatable bonds is 6. The largest absolute Gasteiger partial charge is 0.470 e. The molecule has 0 spiro atoms. The van der Waals surface area contributed by atoms with E-state index in [0.29, 0.717) is 44.7 Å². The molecule has 1 saturated heterocycles. The van der Waals surface area contributed by atoms with Crippen molar-refractivity contribution in [1.82, 2.24) is 14.3 Å². The zero-order chi connectivity index (χ0) is 20.4. The van der Waals surface area contributed by atoms with E-state index in [0.717, 1.165) is 6.42 Å². The van der Waals surface area contributed by atoms with Gasteiger partial charge in [-0.25, -0.2) is 17.7 Å². The summed E-state index contributed by atoms with van der Waals surface area (Å²) < 4.78 is 31.3. The van der Waals surface area contributed by atoms with Gasteiger partial charge >= 0.3 is 0 Å². The molecule has 0 aromatic carbocycles. The van der Waals surface area contributed by atoms with Gasteiger partial charge in [-0.1, -0.05) is 0 Å². The molecule has 2 atom stereocenters. The smallest absolute Gasteiger partial charge is 0.236 e. The number of nitrogens with zero attached hydrogens (tertiary/aromatic N) is 4. The quantitative estimate of drug-likeness (QED) is 0.718. The highest BCUT2D eigenvalue weighted by Crippen LogP contribution is 2.33. The number of aromatic nitrogens is 2. The Morgan fingerprint density at radius 2 is 2.14 bits per heavy atom. The zero-order valence-corrected chi connectivity index (χ0v) is 17.1. The van der Waals surface area contributed by atoms with Gasteiger partial charge in [0.2, 0.25) is 21.9 Å². The molecule has 3 rings (SSSR count). The van der Waals surface area contributed by atoms with Crippen LogP contribution in [0.1, 0.15) is 51.5 Å². The summed E-state index contributed by atoms with van der Waals surface area (Å²) in [5.74, 6) is 0.608. The van der Waals surface area contributed by atoms with E-state index in [-0.39, 0.29) is 23.2 Å². The average Bonchev–Trinajstić information content (AvgIpc) is 3.00. The van der Waals surface area contributed by atoms with Gasteiger partial charge in [0, 0.05) is 19.1 Å². The van der Waals surface area contributed by atoms with Crippen LogP contribution in [0.25, 0.3) is 0 Å². The fourth-order valence-electron chi connectivity index (χ4n) is 3.68. The van der Waals surface area contributed by atoms with Gasteiger partial charge in [-0.05, 0) is 46.0 Å². The van der Waals surface area contributed by atoms with E-state index < -0.39 is 21.7 Å². The molecule has 1 saturated carbocycles. The molecule has 1 aliphatic heterocycles. The molecule has 0 amide bonds. The predicted molar refractivity (Wildman–Crippen MR) is 103 cm³/mol. The summed E-state index contributed by atoms with van der Waals surface area (Å²) >= 11 is 0. The Kier molecular flexibility index (Phi) is 6.07. The third-order valence-electron chi connectivity index (χ3n) is 5.52. The molecule has 1 aliphatic carbocycles. The Balaban J connectivity index is 1.66. The van der Waals surface area contributed by atoms with E-state index in [4.69, 9.17) is 4.74 Å². The van der Waals surface area contributed by atoms with Crippen LogP contribution in [-0.4, -0.2) is 64.4 Å². The number of nitrogens with one attached hydrogen (secondary N) is 1. The molecular weight excluding hydrogens is 382 g/mol. The van der Waals surface area contributed by atoms with Crippen molar-refractivity contribution in [2.45, 2.75) is 63.7 Å². The maximum Gasteiger partial charge on any atom is 0.236 e. The first-order valence-electron chi connectivity index (χ1n) is 9.65. The van der Waals surface area contributed by atoms with Crippen LogP contribution in [0.5, 0.6) is 5.88 Å². The number of aliphatic hydroxyl groups is 1. The van der Waals surface area contributed by atoms with Crippen molar-refractivity contribution in [2.24, 2.45) is 0 Å². The maximum atomic E-state index is 12.0. The summed E-state index contributed by atoms with van der Waals surface area (Å²) in [6.07, 6.45) is 4.50. The zero-order valence-electron chi connectivity index (χ0n) is 16.3. The molecule has 1 aromatic heterocycles. The monoisotopic (exact) mass is 409 g/mol. The third kappa shape index (κ3) is 4.54. The van der Waals surface area contributed by atoms with E-state index in [9.17, 15) is 18.8 Å². The van der Waals surface area contributed by atoms with Crippen LogP contribution >= 0.6 is 0 Å². The molecule has 1 aromatic rings. The van der Waals surface area contributed by atoms with E-state index >= 15 is 0 Å². The van der Waals surface area contributed by atoms with Crippen molar-refractivity contribution >= 4 is 16.0 Å². The molecule has 0 bridgehead atoms. The number of hydrogen-bond donors (Lipinski definition) is 2. The van der Waals surface area contributed by atoms with Gasteiger partial charge in [0.05, 0.1) is 17.6 Å². The Hall–Kier alpha value is -1.96. The SMILES string of the molecule is CCS(=O)(=O)N1CCC(Nc2ncc(C#N)c(O[C@H]3CCC[C@@]3(C)O)n2)CC1. The van der Waals surface area contributed by atoms with E-state index in [2.05, 4.69) is 15.3 Å². The summed E-state index contributed by atoms with van der Waals surface area (Å²) in [4.78, 5) is 8.52. The summed E-state index contributed by atoms with van der Waals surface area (Å²) in [7, 11) is -3.16. The van der Waals surface area contributed by atoms with Crippen LogP contribution in [0.15, 0.2) is 6.20 Å². The molecule has 10 heteroatoms. The molecule has 154 valence electrons. The van der Waals surface area contributed by atoms with Gasteiger partial charge in [0.1, 0.15) is 17.7 Å². The molecule has 2 aliphatic rings. The van der Waals surface area contributed by atoms with Crippen LogP contribution in [0.4, 0.5) is 5.95 Å². The van der Waals surface area contributed by atoms with E-state index in [1.54, 1.807) is 13.8 Å². The van der Waals surface area contributed by atoms with Gasteiger partial charge in [0.25, 0.3) is 0 Å². The molecule has 0 radical (unpaired) electrons. The number of nitriles is 1. The van der Waals surface area contributed by atoms with Crippen molar-refractivity contribution in [2.75, 3.05) is 24.2 Å². The number of anilines is 1. The minimum absolute atomic E-state index is 0.0404. The third-order valence-corrected chi connectivity index (χ3v) is 7.40. The lowest BCUT2D eigenvalue weighted by atomic mass is 10.0. The van der Waals surface area contributed by atoms with Gasteiger partial charge < -0.3 is 15.2 Å². The van der Waals surface area contributed by atoms with Crippen LogP contribution in [-0.2, 0) is 10.0 Å². The molecule has 28 heavy (non-hydrogen) atoms. The molecule has 0 unspecified atom stereocenters. The molecule has 2 heterocycles. The number of hydrogen-bond acceptors (Lipinski definition) is 8. The Labute approximate surface area is 165 Å². The van der Waals surface area contributed by atoms with Gasteiger partial charge in [-0.15, -0.1) is 0 Å². The first-order chi connectivity index (χ1) is 13.2. The van der Waals surface area contributed by atoms with Crippen molar-refractivity contribution in [3.8, 4) is 11.9 Å². The van der Waals surface area contributed by atoms with Crippen molar-refractivity contribution in [3.05, 3.63) is 11.8 Å². The van der Waals surface area contributed by atoms with E-state index in [1.165, 1.54) is 10.5 Å². The fraction of sp³-hybridized carbons (Fsp3) is 0.722. The highest BCUT2D eigenvalue weighted by atomic mass is 32.2. The molecule has 9 nitrogen and oxygen atoms in total. The second-order valence-electron chi connectivity index (χ2n) is 7.60. The number of piperidine rings is 1. The first-order valence-corrected chi connectivity index (χ1v) is 11.3. The highest BCUT2D eigenvalue weighted by molar-refractivity contribution is 7.89. The van der Waals surface area contributed by atoms with Crippen molar-refractivity contribution < 1.29 is 18.3 Å². The second-order valence-corrected chi connectivity index (χ2v) is 9.86. The minimum atomic E-state index is -3.16. The van der Waals surface area contributed by atoms with Crippen LogP contribution < -0.4 is 10.1 Å². The fourth-order valence-corrected chi connectivity index (χ4v) is 4.82. The van der Waals surface area contributed by atoms with Gasteiger partial charge in [-0.3, -0.25) is 0 Å². The van der Waals surface area contributed by atoms with Crippen LogP contribution in [0, 0.1) is 11.3 Å². The lowest BCUT2D eigenvalue weighted by Crippen LogP contribution is -2.43. The Morgan fingerprint density at radius 1 is 1.43 bits per heavy atom. The lowest BCUT2D eigenvalue weighted by molar-refractivity contribution is -0.0271. The average molecular weight is 410 g/mol. The summed E-state index contributed by atoms with van der Waals surface area (Å²) in [5.41, 5.74) is -0.722. The minimum Gasteiger partial charge on any atom is -0.470 e.